The van der Waals surface area contributed by atoms with Crippen LogP contribution in [0.2, 0.25) is 0 Å². The second kappa shape index (κ2) is 10.1. The first-order valence-corrected chi connectivity index (χ1v) is 15.1. The Hall–Kier alpha value is -3.40. The van der Waals surface area contributed by atoms with Gasteiger partial charge in [0.05, 0.1) is 29.8 Å². The molecule has 222 valence electrons. The predicted octanol–water partition coefficient (Wildman–Crippen LogP) is 6.07. The van der Waals surface area contributed by atoms with Crippen LogP contribution in [0.3, 0.4) is 0 Å². The number of fused-ring (bicyclic) bond motifs is 2. The molecule has 1 atom stereocenters. The largest absolute Gasteiger partial charge is 0.491 e. The Kier molecular flexibility index (Phi) is 6.60. The van der Waals surface area contributed by atoms with E-state index in [4.69, 9.17) is 4.74 Å². The summed E-state index contributed by atoms with van der Waals surface area (Å²) in [6.07, 6.45) is 5.15. The first-order chi connectivity index (χ1) is 20.2. The minimum atomic E-state index is -4.57. The highest BCUT2D eigenvalue weighted by molar-refractivity contribution is 6.11. The summed E-state index contributed by atoms with van der Waals surface area (Å²) in [7, 11) is 1.94. The number of hydrogen-bond acceptors (Lipinski definition) is 5. The van der Waals surface area contributed by atoms with Gasteiger partial charge in [-0.2, -0.15) is 13.2 Å². The Morgan fingerprint density at radius 3 is 2.60 bits per heavy atom. The van der Waals surface area contributed by atoms with Crippen LogP contribution in [0.15, 0.2) is 30.6 Å². The summed E-state index contributed by atoms with van der Waals surface area (Å²) < 4.78 is 51.2. The zero-order chi connectivity index (χ0) is 29.2. The van der Waals surface area contributed by atoms with Gasteiger partial charge in [0.15, 0.2) is 0 Å². The summed E-state index contributed by atoms with van der Waals surface area (Å²) in [6, 6.07) is 7.19. The number of hydrogen-bond donors (Lipinski definition) is 1. The molecule has 42 heavy (non-hydrogen) atoms. The zero-order valence-electron chi connectivity index (χ0n) is 24.1. The highest BCUT2D eigenvalue weighted by Crippen LogP contribution is 2.50. The molecule has 3 aromatic rings. The van der Waals surface area contributed by atoms with Gasteiger partial charge in [0.2, 0.25) is 0 Å². The summed E-state index contributed by atoms with van der Waals surface area (Å²) in [5.74, 6) is 1.60. The topological polar surface area (TPSA) is 72.3 Å². The number of ether oxygens (including phenoxy) is 1. The Bertz CT molecular complexity index is 1540. The number of halogens is 3. The van der Waals surface area contributed by atoms with E-state index < -0.39 is 17.6 Å². The van der Waals surface area contributed by atoms with Crippen LogP contribution >= 0.6 is 0 Å². The van der Waals surface area contributed by atoms with E-state index in [1.807, 2.05) is 17.7 Å². The van der Waals surface area contributed by atoms with Gasteiger partial charge in [-0.15, -0.1) is 10.2 Å². The summed E-state index contributed by atoms with van der Waals surface area (Å²) in [5, 5.41) is 12.0. The Morgan fingerprint density at radius 1 is 1.14 bits per heavy atom. The number of benzene rings is 2. The van der Waals surface area contributed by atoms with E-state index in [-0.39, 0.29) is 35.7 Å². The fraction of sp³-hybridized carbons (Fsp3) is 0.531. The minimum Gasteiger partial charge on any atom is -0.491 e. The lowest BCUT2D eigenvalue weighted by atomic mass is 9.77. The number of nitrogens with zero attached hydrogens (tertiary/aromatic N) is 4. The maximum absolute atomic E-state index is 14.4. The van der Waals surface area contributed by atoms with E-state index in [1.54, 1.807) is 12.4 Å². The van der Waals surface area contributed by atoms with Crippen molar-refractivity contribution >= 4 is 11.6 Å². The van der Waals surface area contributed by atoms with Gasteiger partial charge in [0.25, 0.3) is 5.91 Å². The molecule has 3 heterocycles. The number of alkyl halides is 3. The zero-order valence-corrected chi connectivity index (χ0v) is 24.1. The van der Waals surface area contributed by atoms with Crippen molar-refractivity contribution in [2.75, 3.05) is 11.5 Å². The van der Waals surface area contributed by atoms with Gasteiger partial charge in [-0.05, 0) is 79.0 Å². The Morgan fingerprint density at radius 2 is 1.93 bits per heavy atom. The molecule has 0 bridgehead atoms. The SMILES string of the molecule is C[C@H](NCc1cc2c(c(C(F)(F)F)c1)CN(c1cc(C3(c4nncn4C)CCCC3)cc3c1OCC3)C2=O)C1CCC1. The van der Waals surface area contributed by atoms with Crippen LogP contribution in [0.25, 0.3) is 0 Å². The van der Waals surface area contributed by atoms with Gasteiger partial charge < -0.3 is 19.5 Å². The van der Waals surface area contributed by atoms with Crippen molar-refractivity contribution in [3.8, 4) is 5.75 Å². The van der Waals surface area contributed by atoms with Gasteiger partial charge in [-0.1, -0.05) is 25.3 Å². The maximum atomic E-state index is 14.4. The van der Waals surface area contributed by atoms with Crippen LogP contribution in [0, 0.1) is 5.92 Å². The molecular weight excluding hydrogens is 543 g/mol. The summed E-state index contributed by atoms with van der Waals surface area (Å²) in [6.45, 7) is 2.70. The molecule has 2 aliphatic carbocycles. The van der Waals surface area contributed by atoms with Crippen LogP contribution < -0.4 is 15.0 Å². The predicted molar refractivity (Wildman–Crippen MR) is 151 cm³/mol. The molecule has 4 aliphatic rings. The normalized spacial score (nSPS) is 20.4. The molecule has 1 aromatic heterocycles. The molecule has 2 saturated carbocycles. The third-order valence-corrected chi connectivity index (χ3v) is 10.1. The van der Waals surface area contributed by atoms with E-state index in [0.717, 1.165) is 55.5 Å². The lowest BCUT2D eigenvalue weighted by molar-refractivity contribution is -0.138. The standard InChI is InChI=1S/C32H36F3N5O2/c1-19(21-6-5-7-21)36-16-20-12-24-25(26(13-20)32(33,34)35)17-40(29(24)41)27-15-23(14-22-8-11-42-28(22)27)31(9-3-4-10-31)30-38-37-18-39(30)2/h12-15,18-19,21,36H,3-11,16-17H2,1-2H3/t19-/m0/s1. The molecule has 2 aliphatic heterocycles. The fourth-order valence-corrected chi connectivity index (χ4v) is 7.50. The van der Waals surface area contributed by atoms with Gasteiger partial charge in [0, 0.05) is 31.6 Å². The molecule has 0 radical (unpaired) electrons. The van der Waals surface area contributed by atoms with E-state index in [1.165, 1.54) is 17.4 Å². The fourth-order valence-electron chi connectivity index (χ4n) is 7.50. The summed E-state index contributed by atoms with van der Waals surface area (Å²) in [5.41, 5.74) is 2.06. The number of aryl methyl sites for hydroxylation is 1. The van der Waals surface area contributed by atoms with Gasteiger partial charge in [0.1, 0.15) is 17.9 Å². The molecule has 0 saturated heterocycles. The number of amides is 1. The van der Waals surface area contributed by atoms with Gasteiger partial charge >= 0.3 is 6.18 Å². The molecule has 7 nitrogen and oxygen atoms in total. The highest BCUT2D eigenvalue weighted by Gasteiger charge is 2.45. The van der Waals surface area contributed by atoms with Gasteiger partial charge in [-0.25, -0.2) is 0 Å². The van der Waals surface area contributed by atoms with Crippen LogP contribution in [-0.2, 0) is 38.1 Å². The van der Waals surface area contributed by atoms with Crippen molar-refractivity contribution in [2.45, 2.75) is 89.0 Å². The van der Waals surface area contributed by atoms with Crippen LogP contribution in [0.1, 0.15) is 95.9 Å². The average molecular weight is 580 g/mol. The quantitative estimate of drug-likeness (QED) is 0.368. The maximum Gasteiger partial charge on any atom is 0.416 e. The molecule has 2 fully saturated rings. The van der Waals surface area contributed by atoms with Crippen LogP contribution in [0.4, 0.5) is 18.9 Å². The third kappa shape index (κ3) is 4.41. The van der Waals surface area contributed by atoms with Crippen molar-refractivity contribution in [3.05, 3.63) is 69.8 Å². The minimum absolute atomic E-state index is 0.0318. The molecule has 0 spiro atoms. The van der Waals surface area contributed by atoms with Crippen molar-refractivity contribution in [1.82, 2.24) is 20.1 Å². The first-order valence-electron chi connectivity index (χ1n) is 15.1. The number of rotatable bonds is 7. The van der Waals surface area contributed by atoms with Crippen molar-refractivity contribution < 1.29 is 22.7 Å². The monoisotopic (exact) mass is 579 g/mol. The Balaban J connectivity index is 1.28. The Labute approximate surface area is 243 Å². The number of carbonyl (C=O) groups is 1. The van der Waals surface area contributed by atoms with Crippen LogP contribution in [-0.4, -0.2) is 33.3 Å². The van der Waals surface area contributed by atoms with Crippen molar-refractivity contribution in [2.24, 2.45) is 13.0 Å². The molecular formula is C32H36F3N5O2. The smallest absolute Gasteiger partial charge is 0.416 e. The molecule has 7 rings (SSSR count). The highest BCUT2D eigenvalue weighted by atomic mass is 19.4. The number of anilines is 1. The lowest BCUT2D eigenvalue weighted by Crippen LogP contribution is -2.36. The summed E-state index contributed by atoms with van der Waals surface area (Å²) in [4.78, 5) is 15.5. The third-order valence-electron chi connectivity index (χ3n) is 10.1. The number of carbonyl (C=O) groups excluding carboxylic acids is 1. The number of aromatic nitrogens is 3. The second-order valence-corrected chi connectivity index (χ2v) is 12.6. The molecule has 1 N–H and O–H groups in total. The second-order valence-electron chi connectivity index (χ2n) is 12.6. The lowest BCUT2D eigenvalue weighted by Gasteiger charge is -2.32. The van der Waals surface area contributed by atoms with E-state index in [2.05, 4.69) is 28.5 Å². The molecule has 2 aromatic carbocycles. The van der Waals surface area contributed by atoms with Crippen LogP contribution in [0.5, 0.6) is 5.75 Å². The molecule has 0 unspecified atom stereocenters. The molecule has 1 amide bonds. The van der Waals surface area contributed by atoms with E-state index in [9.17, 15) is 18.0 Å². The first kappa shape index (κ1) is 27.4. The molecule has 10 heteroatoms. The average Bonchev–Trinajstić information content (AvgIpc) is 3.72. The van der Waals surface area contributed by atoms with Gasteiger partial charge in [-0.3, -0.25) is 4.79 Å². The van der Waals surface area contributed by atoms with E-state index in [0.29, 0.717) is 35.9 Å². The summed E-state index contributed by atoms with van der Waals surface area (Å²) >= 11 is 0. The van der Waals surface area contributed by atoms with Crippen molar-refractivity contribution in [3.63, 3.8) is 0 Å². The number of nitrogens with one attached hydrogen (secondary N) is 1. The van der Waals surface area contributed by atoms with Crippen molar-refractivity contribution in [1.29, 1.82) is 0 Å². The van der Waals surface area contributed by atoms with E-state index >= 15 is 0 Å².